The van der Waals surface area contributed by atoms with E-state index in [1.54, 1.807) is 11.3 Å². The third kappa shape index (κ3) is 2.81. The summed E-state index contributed by atoms with van der Waals surface area (Å²) in [5.41, 5.74) is 9.77. The maximum Gasteiger partial charge on any atom is 0.0559 e. The monoisotopic (exact) mass is 239 g/mol. The van der Waals surface area contributed by atoms with E-state index in [2.05, 4.69) is 48.0 Å². The molecular formula is C12H14ClNS. The second-order valence-electron chi connectivity index (χ2n) is 3.45. The third-order valence-corrected chi connectivity index (χ3v) is 3.01. The summed E-state index contributed by atoms with van der Waals surface area (Å²) >= 11 is 1.69. The van der Waals surface area contributed by atoms with Gasteiger partial charge in [-0.25, -0.2) is 0 Å². The van der Waals surface area contributed by atoms with Crippen LogP contribution in [0.3, 0.4) is 0 Å². The quantitative estimate of drug-likeness (QED) is 0.853. The molecular weight excluding hydrogens is 226 g/mol. The summed E-state index contributed by atoms with van der Waals surface area (Å²) in [5.74, 6) is 0. The summed E-state index contributed by atoms with van der Waals surface area (Å²) in [5, 5.41) is 4.16. The first-order valence-corrected chi connectivity index (χ1v) is 5.56. The Balaban J connectivity index is 0.00000112. The van der Waals surface area contributed by atoms with Gasteiger partial charge in [-0.3, -0.25) is 0 Å². The fourth-order valence-corrected chi connectivity index (χ4v) is 2.20. The molecule has 1 heterocycles. The van der Waals surface area contributed by atoms with Crippen molar-refractivity contribution in [1.29, 1.82) is 0 Å². The molecule has 1 aromatic carbocycles. The van der Waals surface area contributed by atoms with Gasteiger partial charge in [-0.05, 0) is 34.9 Å². The van der Waals surface area contributed by atoms with Crippen LogP contribution in [-0.4, -0.2) is 0 Å². The van der Waals surface area contributed by atoms with Crippen molar-refractivity contribution in [2.75, 3.05) is 0 Å². The second-order valence-corrected chi connectivity index (χ2v) is 4.23. The largest absolute Gasteiger partial charge is 0.320 e. The lowest BCUT2D eigenvalue weighted by molar-refractivity contribution is 0.875. The summed E-state index contributed by atoms with van der Waals surface area (Å²) < 4.78 is 0. The maximum absolute atomic E-state index is 6.14. The highest BCUT2D eigenvalue weighted by Gasteiger charge is 2.08. The Morgan fingerprint density at radius 1 is 1.20 bits per heavy atom. The van der Waals surface area contributed by atoms with Gasteiger partial charge in [-0.1, -0.05) is 29.8 Å². The van der Waals surface area contributed by atoms with E-state index in [1.165, 1.54) is 16.7 Å². The topological polar surface area (TPSA) is 26.0 Å². The van der Waals surface area contributed by atoms with Crippen molar-refractivity contribution in [3.63, 3.8) is 0 Å². The van der Waals surface area contributed by atoms with Crippen LogP contribution >= 0.6 is 23.7 Å². The molecule has 0 fully saturated rings. The first kappa shape index (κ1) is 12.2. The lowest BCUT2D eigenvalue weighted by Gasteiger charge is -2.10. The van der Waals surface area contributed by atoms with Crippen molar-refractivity contribution in [3.8, 4) is 0 Å². The molecule has 2 N–H and O–H groups in total. The standard InChI is InChI=1S/C12H13NS.ClH/c1-9-3-2-4-10(7-9)12(13)11-5-6-14-8-11;/h2-8,12H,13H2,1H3;1H/t12-;/m1./s1. The first-order valence-electron chi connectivity index (χ1n) is 4.61. The van der Waals surface area contributed by atoms with E-state index < -0.39 is 0 Å². The Morgan fingerprint density at radius 2 is 2.00 bits per heavy atom. The van der Waals surface area contributed by atoms with Crippen LogP contribution in [0.4, 0.5) is 0 Å². The molecule has 2 rings (SSSR count). The molecule has 0 aliphatic heterocycles. The molecule has 80 valence electrons. The van der Waals surface area contributed by atoms with Crippen LogP contribution in [0, 0.1) is 6.92 Å². The van der Waals surface area contributed by atoms with E-state index in [4.69, 9.17) is 5.73 Å². The number of thiophene rings is 1. The summed E-state index contributed by atoms with van der Waals surface area (Å²) in [4.78, 5) is 0. The molecule has 1 atom stereocenters. The van der Waals surface area contributed by atoms with Gasteiger partial charge in [0.05, 0.1) is 6.04 Å². The highest BCUT2D eigenvalue weighted by molar-refractivity contribution is 7.08. The Labute approximate surface area is 100 Å². The third-order valence-electron chi connectivity index (χ3n) is 2.30. The molecule has 0 bridgehead atoms. The first-order chi connectivity index (χ1) is 6.77. The lowest BCUT2D eigenvalue weighted by atomic mass is 10.0. The van der Waals surface area contributed by atoms with E-state index in [-0.39, 0.29) is 18.4 Å². The zero-order valence-electron chi connectivity index (χ0n) is 8.51. The van der Waals surface area contributed by atoms with Gasteiger partial charge in [0.2, 0.25) is 0 Å². The zero-order chi connectivity index (χ0) is 9.97. The Bertz CT molecular complexity index is 411. The van der Waals surface area contributed by atoms with Crippen molar-refractivity contribution in [3.05, 3.63) is 57.8 Å². The van der Waals surface area contributed by atoms with Gasteiger partial charge in [0, 0.05) is 0 Å². The minimum absolute atomic E-state index is 0. The van der Waals surface area contributed by atoms with Crippen molar-refractivity contribution in [2.45, 2.75) is 13.0 Å². The van der Waals surface area contributed by atoms with Crippen LogP contribution in [0.5, 0.6) is 0 Å². The van der Waals surface area contributed by atoms with Gasteiger partial charge in [-0.15, -0.1) is 12.4 Å². The number of benzene rings is 1. The van der Waals surface area contributed by atoms with Crippen LogP contribution < -0.4 is 5.73 Å². The van der Waals surface area contributed by atoms with Gasteiger partial charge in [0.25, 0.3) is 0 Å². The predicted octanol–water partition coefficient (Wildman–Crippen LogP) is 3.53. The van der Waals surface area contributed by atoms with E-state index in [1.807, 2.05) is 0 Å². The van der Waals surface area contributed by atoms with Crippen molar-refractivity contribution in [1.82, 2.24) is 0 Å². The Hall–Kier alpha value is -0.830. The number of hydrogen-bond donors (Lipinski definition) is 1. The maximum atomic E-state index is 6.14. The average molecular weight is 240 g/mol. The van der Waals surface area contributed by atoms with Crippen LogP contribution in [0.25, 0.3) is 0 Å². The number of rotatable bonds is 2. The fraction of sp³-hybridized carbons (Fsp3) is 0.167. The summed E-state index contributed by atoms with van der Waals surface area (Å²) in [6.45, 7) is 2.09. The van der Waals surface area contributed by atoms with Crippen LogP contribution in [-0.2, 0) is 0 Å². The molecule has 1 nitrogen and oxygen atoms in total. The predicted molar refractivity (Wildman–Crippen MR) is 68.8 cm³/mol. The zero-order valence-corrected chi connectivity index (χ0v) is 10.1. The molecule has 0 aliphatic carbocycles. The van der Waals surface area contributed by atoms with Gasteiger partial charge in [0.1, 0.15) is 0 Å². The van der Waals surface area contributed by atoms with E-state index in [0.717, 1.165) is 0 Å². The van der Waals surface area contributed by atoms with E-state index in [0.29, 0.717) is 0 Å². The van der Waals surface area contributed by atoms with Crippen molar-refractivity contribution >= 4 is 23.7 Å². The Morgan fingerprint density at radius 3 is 2.60 bits per heavy atom. The summed E-state index contributed by atoms with van der Waals surface area (Å²) in [6, 6.07) is 10.5. The normalized spacial score (nSPS) is 11.9. The summed E-state index contributed by atoms with van der Waals surface area (Å²) in [6.07, 6.45) is 0. The number of nitrogens with two attached hydrogens (primary N) is 1. The minimum Gasteiger partial charge on any atom is -0.320 e. The van der Waals surface area contributed by atoms with E-state index in [9.17, 15) is 0 Å². The smallest absolute Gasteiger partial charge is 0.0559 e. The van der Waals surface area contributed by atoms with Crippen molar-refractivity contribution in [2.24, 2.45) is 5.73 Å². The molecule has 0 saturated carbocycles. The molecule has 1 aromatic heterocycles. The van der Waals surface area contributed by atoms with Crippen LogP contribution in [0.2, 0.25) is 0 Å². The Kier molecular flexibility index (Phi) is 4.33. The van der Waals surface area contributed by atoms with Gasteiger partial charge < -0.3 is 5.73 Å². The number of hydrogen-bond acceptors (Lipinski definition) is 2. The highest BCUT2D eigenvalue weighted by Crippen LogP contribution is 2.21. The lowest BCUT2D eigenvalue weighted by Crippen LogP contribution is -2.10. The average Bonchev–Trinajstić information content (AvgIpc) is 2.69. The molecule has 2 aromatic rings. The second kappa shape index (κ2) is 5.31. The van der Waals surface area contributed by atoms with Crippen LogP contribution in [0.15, 0.2) is 41.1 Å². The molecule has 0 amide bonds. The molecule has 0 unspecified atom stereocenters. The van der Waals surface area contributed by atoms with Gasteiger partial charge in [-0.2, -0.15) is 11.3 Å². The molecule has 0 spiro atoms. The molecule has 3 heteroatoms. The van der Waals surface area contributed by atoms with E-state index >= 15 is 0 Å². The fourth-order valence-electron chi connectivity index (χ4n) is 1.51. The minimum atomic E-state index is 0. The van der Waals surface area contributed by atoms with Gasteiger partial charge >= 0.3 is 0 Å². The molecule has 15 heavy (non-hydrogen) atoms. The number of halogens is 1. The molecule has 0 aliphatic rings. The molecule has 0 saturated heterocycles. The highest BCUT2D eigenvalue weighted by atomic mass is 35.5. The van der Waals surface area contributed by atoms with Gasteiger partial charge in [0.15, 0.2) is 0 Å². The SMILES string of the molecule is Cc1cccc([C@@H](N)c2ccsc2)c1.Cl. The van der Waals surface area contributed by atoms with Crippen molar-refractivity contribution < 1.29 is 0 Å². The molecule has 0 radical (unpaired) electrons. The number of aryl methyl sites for hydroxylation is 1. The van der Waals surface area contributed by atoms with Crippen LogP contribution in [0.1, 0.15) is 22.7 Å². The summed E-state index contributed by atoms with van der Waals surface area (Å²) in [7, 11) is 0.